The molecule has 2 aromatic rings. The number of nitrogens with one attached hydrogen (secondary N) is 1. The standard InChI is InChI=1S/C16H17NO3/c1-11(18)12-6-5-7-13(10-12)17-16(19)14-8-3-4-9-15(14)20-2/h3-11,18H,1-2H3,(H,17,19)/t11-/m0/s1. The van der Waals surface area contributed by atoms with Crippen molar-refractivity contribution in [3.63, 3.8) is 0 Å². The maximum Gasteiger partial charge on any atom is 0.259 e. The molecule has 2 rings (SSSR count). The summed E-state index contributed by atoms with van der Waals surface area (Å²) in [5.41, 5.74) is 1.86. The van der Waals surface area contributed by atoms with Crippen LogP contribution in [0.5, 0.6) is 5.75 Å². The van der Waals surface area contributed by atoms with Crippen molar-refractivity contribution in [1.82, 2.24) is 0 Å². The lowest BCUT2D eigenvalue weighted by atomic mass is 10.1. The number of amides is 1. The van der Waals surface area contributed by atoms with Crippen molar-refractivity contribution in [2.75, 3.05) is 12.4 Å². The zero-order valence-electron chi connectivity index (χ0n) is 11.5. The molecule has 0 aliphatic rings. The fraction of sp³-hybridized carbons (Fsp3) is 0.188. The molecule has 1 amide bonds. The van der Waals surface area contributed by atoms with Gasteiger partial charge < -0.3 is 15.2 Å². The van der Waals surface area contributed by atoms with E-state index in [1.807, 2.05) is 12.1 Å². The van der Waals surface area contributed by atoms with Gasteiger partial charge in [-0.25, -0.2) is 0 Å². The van der Waals surface area contributed by atoms with Crippen LogP contribution in [0.2, 0.25) is 0 Å². The molecule has 20 heavy (non-hydrogen) atoms. The first kappa shape index (κ1) is 14.1. The molecule has 0 heterocycles. The zero-order chi connectivity index (χ0) is 14.5. The molecule has 2 aromatic carbocycles. The minimum atomic E-state index is -0.571. The van der Waals surface area contributed by atoms with Gasteiger partial charge >= 0.3 is 0 Å². The summed E-state index contributed by atoms with van der Waals surface area (Å²) in [6.07, 6.45) is -0.571. The number of methoxy groups -OCH3 is 1. The first-order chi connectivity index (χ1) is 9.61. The van der Waals surface area contributed by atoms with Gasteiger partial charge in [0.25, 0.3) is 5.91 Å². The van der Waals surface area contributed by atoms with E-state index in [2.05, 4.69) is 5.32 Å². The monoisotopic (exact) mass is 271 g/mol. The Balaban J connectivity index is 2.21. The van der Waals surface area contributed by atoms with Crippen LogP contribution in [-0.4, -0.2) is 18.1 Å². The minimum absolute atomic E-state index is 0.245. The van der Waals surface area contributed by atoms with E-state index < -0.39 is 6.10 Å². The van der Waals surface area contributed by atoms with Crippen molar-refractivity contribution >= 4 is 11.6 Å². The largest absolute Gasteiger partial charge is 0.496 e. The minimum Gasteiger partial charge on any atom is -0.496 e. The Morgan fingerprint density at radius 1 is 1.20 bits per heavy atom. The summed E-state index contributed by atoms with van der Waals surface area (Å²) in [6.45, 7) is 1.68. The van der Waals surface area contributed by atoms with E-state index >= 15 is 0 Å². The maximum absolute atomic E-state index is 12.2. The quantitative estimate of drug-likeness (QED) is 0.898. The molecule has 0 radical (unpaired) electrons. The summed E-state index contributed by atoms with van der Waals surface area (Å²) >= 11 is 0. The molecule has 1 atom stereocenters. The average Bonchev–Trinajstić information content (AvgIpc) is 2.47. The number of ether oxygens (including phenoxy) is 1. The van der Waals surface area contributed by atoms with Gasteiger partial charge in [0.1, 0.15) is 5.75 Å². The summed E-state index contributed by atoms with van der Waals surface area (Å²) in [6, 6.07) is 14.2. The van der Waals surface area contributed by atoms with Gasteiger partial charge in [-0.3, -0.25) is 4.79 Å². The van der Waals surface area contributed by atoms with Crippen molar-refractivity contribution in [3.05, 3.63) is 59.7 Å². The molecule has 0 fully saturated rings. The van der Waals surface area contributed by atoms with Crippen LogP contribution in [0, 0.1) is 0 Å². The molecule has 0 unspecified atom stereocenters. The summed E-state index contributed by atoms with van der Waals surface area (Å²) in [5, 5.41) is 12.3. The number of para-hydroxylation sites is 1. The summed E-state index contributed by atoms with van der Waals surface area (Å²) in [5.74, 6) is 0.280. The third-order valence-corrected chi connectivity index (χ3v) is 2.98. The van der Waals surface area contributed by atoms with Crippen LogP contribution in [0.3, 0.4) is 0 Å². The molecule has 0 bridgehead atoms. The topological polar surface area (TPSA) is 58.6 Å². The Labute approximate surface area is 118 Å². The van der Waals surface area contributed by atoms with E-state index in [0.29, 0.717) is 17.0 Å². The highest BCUT2D eigenvalue weighted by molar-refractivity contribution is 6.06. The number of benzene rings is 2. The molecule has 4 nitrogen and oxygen atoms in total. The number of hydrogen-bond acceptors (Lipinski definition) is 3. The SMILES string of the molecule is COc1ccccc1C(=O)Nc1cccc([C@H](C)O)c1. The lowest BCUT2D eigenvalue weighted by molar-refractivity contribution is 0.102. The van der Waals surface area contributed by atoms with Crippen molar-refractivity contribution < 1.29 is 14.6 Å². The lowest BCUT2D eigenvalue weighted by Gasteiger charge is -2.11. The Kier molecular flexibility index (Phi) is 4.38. The Morgan fingerprint density at radius 3 is 2.65 bits per heavy atom. The van der Waals surface area contributed by atoms with E-state index in [0.717, 1.165) is 5.56 Å². The molecule has 104 valence electrons. The fourth-order valence-corrected chi connectivity index (χ4v) is 1.91. The number of rotatable bonds is 4. The first-order valence-corrected chi connectivity index (χ1v) is 6.34. The molecule has 0 aliphatic carbocycles. The van der Waals surface area contributed by atoms with Crippen molar-refractivity contribution in [2.24, 2.45) is 0 Å². The van der Waals surface area contributed by atoms with Gasteiger partial charge in [0.2, 0.25) is 0 Å². The van der Waals surface area contributed by atoms with E-state index in [4.69, 9.17) is 4.74 Å². The maximum atomic E-state index is 12.2. The molecular formula is C16H17NO3. The van der Waals surface area contributed by atoms with Gasteiger partial charge in [0, 0.05) is 5.69 Å². The summed E-state index contributed by atoms with van der Waals surface area (Å²) in [7, 11) is 1.53. The Hall–Kier alpha value is -2.33. The third kappa shape index (κ3) is 3.16. The second-order valence-electron chi connectivity index (χ2n) is 4.46. The van der Waals surface area contributed by atoms with E-state index in [1.54, 1.807) is 43.3 Å². The van der Waals surface area contributed by atoms with Gasteiger partial charge in [-0.1, -0.05) is 24.3 Å². The predicted molar refractivity (Wildman–Crippen MR) is 78.0 cm³/mol. The highest BCUT2D eigenvalue weighted by Crippen LogP contribution is 2.21. The molecule has 0 spiro atoms. The summed E-state index contributed by atoms with van der Waals surface area (Å²) < 4.78 is 5.17. The number of anilines is 1. The van der Waals surface area contributed by atoms with Crippen LogP contribution < -0.4 is 10.1 Å². The number of carbonyl (C=O) groups is 1. The lowest BCUT2D eigenvalue weighted by Crippen LogP contribution is -2.13. The van der Waals surface area contributed by atoms with Crippen LogP contribution in [-0.2, 0) is 0 Å². The molecule has 2 N–H and O–H groups in total. The third-order valence-electron chi connectivity index (χ3n) is 2.98. The van der Waals surface area contributed by atoms with Crippen LogP contribution in [0.1, 0.15) is 28.9 Å². The van der Waals surface area contributed by atoms with Gasteiger partial charge in [0.15, 0.2) is 0 Å². The molecule has 0 aliphatic heterocycles. The van der Waals surface area contributed by atoms with E-state index in [1.165, 1.54) is 7.11 Å². The molecule has 0 aromatic heterocycles. The van der Waals surface area contributed by atoms with E-state index in [-0.39, 0.29) is 5.91 Å². The highest BCUT2D eigenvalue weighted by Gasteiger charge is 2.12. The normalized spacial score (nSPS) is 11.8. The fourth-order valence-electron chi connectivity index (χ4n) is 1.91. The highest BCUT2D eigenvalue weighted by atomic mass is 16.5. The molecular weight excluding hydrogens is 254 g/mol. The van der Waals surface area contributed by atoms with Crippen molar-refractivity contribution in [3.8, 4) is 5.75 Å². The van der Waals surface area contributed by atoms with Crippen LogP contribution >= 0.6 is 0 Å². The van der Waals surface area contributed by atoms with Gasteiger partial charge in [-0.05, 0) is 36.8 Å². The zero-order valence-corrected chi connectivity index (χ0v) is 11.5. The first-order valence-electron chi connectivity index (χ1n) is 6.34. The van der Waals surface area contributed by atoms with Crippen LogP contribution in [0.4, 0.5) is 5.69 Å². The van der Waals surface area contributed by atoms with Crippen molar-refractivity contribution in [2.45, 2.75) is 13.0 Å². The van der Waals surface area contributed by atoms with Gasteiger partial charge in [-0.2, -0.15) is 0 Å². The second-order valence-corrected chi connectivity index (χ2v) is 4.46. The molecule has 0 saturated carbocycles. The number of carbonyl (C=O) groups excluding carboxylic acids is 1. The predicted octanol–water partition coefficient (Wildman–Crippen LogP) is 3.00. The smallest absolute Gasteiger partial charge is 0.259 e. The van der Waals surface area contributed by atoms with Gasteiger partial charge in [-0.15, -0.1) is 0 Å². The average molecular weight is 271 g/mol. The number of hydrogen-bond donors (Lipinski definition) is 2. The van der Waals surface area contributed by atoms with Crippen LogP contribution in [0.25, 0.3) is 0 Å². The summed E-state index contributed by atoms with van der Waals surface area (Å²) in [4.78, 5) is 12.2. The van der Waals surface area contributed by atoms with Crippen molar-refractivity contribution in [1.29, 1.82) is 0 Å². The molecule has 4 heteroatoms. The Bertz CT molecular complexity index is 608. The Morgan fingerprint density at radius 2 is 1.95 bits per heavy atom. The second kappa shape index (κ2) is 6.21. The number of aliphatic hydroxyl groups is 1. The van der Waals surface area contributed by atoms with Gasteiger partial charge in [0.05, 0.1) is 18.8 Å². The molecule has 0 saturated heterocycles. The van der Waals surface area contributed by atoms with Crippen LogP contribution in [0.15, 0.2) is 48.5 Å². The number of aliphatic hydroxyl groups excluding tert-OH is 1. The van der Waals surface area contributed by atoms with E-state index in [9.17, 15) is 9.90 Å².